The topological polar surface area (TPSA) is 41.6 Å². The molecule has 0 bridgehead atoms. The van der Waals surface area contributed by atoms with Crippen molar-refractivity contribution < 1.29 is 17.3 Å². The molecule has 0 radical (unpaired) electrons. The zero-order valence-electron chi connectivity index (χ0n) is 19.4. The number of allylic oxidation sites excluding steroid dienone is 5. The number of rotatable bonds is 8. The molecule has 2 aromatic rings. The monoisotopic (exact) mass is 459 g/mol. The molecule has 0 saturated heterocycles. The number of nitrogens with zero attached hydrogens (tertiary/aromatic N) is 2. The fourth-order valence-electron chi connectivity index (χ4n) is 2.91. The number of benzene rings is 2. The Morgan fingerprint density at radius 2 is 1.33 bits per heavy atom. The second-order valence-electron chi connectivity index (χ2n) is 7.12. The van der Waals surface area contributed by atoms with Crippen LogP contribution in [0.4, 0.5) is 17.3 Å². The highest BCUT2D eigenvalue weighted by molar-refractivity contribution is 6.50. The number of nitrogens with two attached hydrogens (primary N) is 1. The van der Waals surface area contributed by atoms with E-state index in [1.165, 1.54) is 22.4 Å². The van der Waals surface area contributed by atoms with Crippen LogP contribution < -0.4 is 5.84 Å². The normalized spacial score (nSPS) is 12.5. The van der Waals surface area contributed by atoms with Crippen molar-refractivity contribution in [3.63, 3.8) is 0 Å². The van der Waals surface area contributed by atoms with Gasteiger partial charge in [0.1, 0.15) is 11.6 Å². The van der Waals surface area contributed by atoms with Crippen molar-refractivity contribution in [1.82, 2.24) is 4.90 Å². The summed E-state index contributed by atoms with van der Waals surface area (Å²) in [6.07, 6.45) is 11.1. The lowest BCUT2D eigenvalue weighted by Gasteiger charge is -2.24. The third-order valence-electron chi connectivity index (χ3n) is 4.59. The molecule has 2 rings (SSSR count). The van der Waals surface area contributed by atoms with Crippen LogP contribution >= 0.6 is 0 Å². The Morgan fingerprint density at radius 1 is 0.879 bits per heavy atom. The van der Waals surface area contributed by atoms with Crippen LogP contribution in [0.5, 0.6) is 0 Å². The molecule has 2 N–H and O–H groups in total. The maximum atomic E-state index is 9.75. The Bertz CT molecular complexity index is 951. The van der Waals surface area contributed by atoms with Gasteiger partial charge in [-0.3, -0.25) is 0 Å². The first-order valence-electron chi connectivity index (χ1n) is 10.6. The predicted octanol–water partition coefficient (Wildman–Crippen LogP) is 6.56. The first-order chi connectivity index (χ1) is 15.6. The summed E-state index contributed by atoms with van der Waals surface area (Å²) in [6.45, 7) is 10.4. The molecule has 0 spiro atoms. The van der Waals surface area contributed by atoms with Crippen molar-refractivity contribution in [3.05, 3.63) is 101 Å². The zero-order valence-corrected chi connectivity index (χ0v) is 19.4. The molecule has 176 valence electrons. The second-order valence-corrected chi connectivity index (χ2v) is 7.12. The summed E-state index contributed by atoms with van der Waals surface area (Å²) in [4.78, 5) is 2.35. The molecule has 33 heavy (non-hydrogen) atoms. The highest BCUT2D eigenvalue weighted by Gasteiger charge is 2.20. The fourth-order valence-corrected chi connectivity index (χ4v) is 2.91. The van der Waals surface area contributed by atoms with Crippen LogP contribution in [-0.2, 0) is 0 Å². The molecule has 0 heterocycles. The van der Waals surface area contributed by atoms with E-state index in [0.717, 1.165) is 18.7 Å². The van der Waals surface area contributed by atoms with E-state index in [1.54, 1.807) is 0 Å². The van der Waals surface area contributed by atoms with E-state index < -0.39 is 7.25 Å². The Balaban J connectivity index is 0.000000981. The minimum absolute atomic E-state index is 0.635. The first kappa shape index (κ1) is 27.7. The number of hydrazone groups is 1. The summed E-state index contributed by atoms with van der Waals surface area (Å²) in [7, 11) is -6.00. The number of hydrogen-bond donors (Lipinski definition) is 1. The smallest absolute Gasteiger partial charge is 0.418 e. The highest BCUT2D eigenvalue weighted by atomic mass is 19.5. The minimum Gasteiger partial charge on any atom is -0.418 e. The number of halogens is 4. The van der Waals surface area contributed by atoms with Crippen molar-refractivity contribution in [1.29, 1.82) is 0 Å². The fraction of sp³-hybridized carbons (Fsp3) is 0.240. The van der Waals surface area contributed by atoms with Gasteiger partial charge in [-0.05, 0) is 63.1 Å². The van der Waals surface area contributed by atoms with Crippen LogP contribution in [0.25, 0.3) is 5.70 Å². The van der Waals surface area contributed by atoms with Gasteiger partial charge in [0, 0.05) is 37.0 Å². The SMILES string of the molecule is CCN(CC)C(=CC=C/C=[C+]/C(=NN)c1ccc(C)cc1)c1ccc(C)cc1.F[B-](F)(F)F. The van der Waals surface area contributed by atoms with E-state index in [4.69, 9.17) is 5.84 Å². The van der Waals surface area contributed by atoms with Crippen molar-refractivity contribution in [2.75, 3.05) is 13.1 Å². The maximum absolute atomic E-state index is 9.75. The quantitative estimate of drug-likeness (QED) is 0.0924. The lowest BCUT2D eigenvalue weighted by atomic mass is 10.1. The molecule has 0 atom stereocenters. The Labute approximate surface area is 194 Å². The lowest BCUT2D eigenvalue weighted by Crippen LogP contribution is -2.21. The summed E-state index contributed by atoms with van der Waals surface area (Å²) in [5.74, 6) is 5.53. The minimum atomic E-state index is -6.00. The average Bonchev–Trinajstić information content (AvgIpc) is 2.76. The van der Waals surface area contributed by atoms with Crippen molar-refractivity contribution in [3.8, 4) is 0 Å². The lowest BCUT2D eigenvalue weighted by molar-refractivity contribution is 0.368. The molecule has 0 aliphatic rings. The van der Waals surface area contributed by atoms with E-state index in [2.05, 4.69) is 74.1 Å². The molecule has 0 aliphatic heterocycles. The molecule has 0 fully saturated rings. The van der Waals surface area contributed by atoms with E-state index in [1.807, 2.05) is 42.5 Å². The number of aryl methyl sites for hydroxylation is 2. The predicted molar refractivity (Wildman–Crippen MR) is 131 cm³/mol. The van der Waals surface area contributed by atoms with E-state index in [9.17, 15) is 17.3 Å². The maximum Gasteiger partial charge on any atom is 0.673 e. The third-order valence-corrected chi connectivity index (χ3v) is 4.59. The van der Waals surface area contributed by atoms with Crippen LogP contribution in [0, 0.1) is 19.9 Å². The van der Waals surface area contributed by atoms with Gasteiger partial charge in [-0.2, -0.15) is 0 Å². The van der Waals surface area contributed by atoms with Crippen LogP contribution in [0.15, 0.2) is 77.9 Å². The van der Waals surface area contributed by atoms with Gasteiger partial charge in [0.25, 0.3) is 5.71 Å². The summed E-state index contributed by atoms with van der Waals surface area (Å²) < 4.78 is 39.0. The van der Waals surface area contributed by atoms with Gasteiger partial charge in [0.2, 0.25) is 0 Å². The van der Waals surface area contributed by atoms with Gasteiger partial charge in [-0.15, -0.1) is 5.10 Å². The summed E-state index contributed by atoms with van der Waals surface area (Å²) in [5.41, 5.74) is 6.49. The van der Waals surface area contributed by atoms with Gasteiger partial charge in [0.05, 0.1) is 6.08 Å². The van der Waals surface area contributed by atoms with Crippen molar-refractivity contribution >= 4 is 18.7 Å². The Morgan fingerprint density at radius 3 is 1.76 bits per heavy atom. The molecule has 0 saturated carbocycles. The highest BCUT2D eigenvalue weighted by Crippen LogP contribution is 2.20. The van der Waals surface area contributed by atoms with Crippen LogP contribution in [0.3, 0.4) is 0 Å². The van der Waals surface area contributed by atoms with Crippen LogP contribution in [-0.4, -0.2) is 31.0 Å². The van der Waals surface area contributed by atoms with Crippen LogP contribution in [0.1, 0.15) is 36.1 Å². The molecule has 8 heteroatoms. The van der Waals surface area contributed by atoms with E-state index in [0.29, 0.717) is 5.71 Å². The largest absolute Gasteiger partial charge is 0.673 e. The Kier molecular flexibility index (Phi) is 11.7. The zero-order chi connectivity index (χ0) is 24.9. The van der Waals surface area contributed by atoms with Gasteiger partial charge in [-0.1, -0.05) is 29.8 Å². The van der Waals surface area contributed by atoms with Crippen molar-refractivity contribution in [2.24, 2.45) is 10.9 Å². The summed E-state index contributed by atoms with van der Waals surface area (Å²) in [5, 5.41) is 3.85. The second kappa shape index (κ2) is 13.9. The van der Waals surface area contributed by atoms with Gasteiger partial charge >= 0.3 is 7.25 Å². The average molecular weight is 459 g/mol. The number of hydrogen-bond acceptors (Lipinski definition) is 3. The molecule has 0 amide bonds. The molecular weight excluding hydrogens is 429 g/mol. The third kappa shape index (κ3) is 11.2. The summed E-state index contributed by atoms with van der Waals surface area (Å²) in [6, 6.07) is 16.7. The van der Waals surface area contributed by atoms with Crippen LogP contribution in [0.2, 0.25) is 0 Å². The molecule has 3 nitrogen and oxygen atoms in total. The molecule has 0 unspecified atom stereocenters. The van der Waals surface area contributed by atoms with Gasteiger partial charge in [0.15, 0.2) is 0 Å². The molecule has 0 aromatic heterocycles. The molecular formula is C25H30BF4N3. The molecule has 0 aliphatic carbocycles. The van der Waals surface area contributed by atoms with E-state index >= 15 is 0 Å². The van der Waals surface area contributed by atoms with E-state index in [-0.39, 0.29) is 0 Å². The molecule has 2 aromatic carbocycles. The van der Waals surface area contributed by atoms with Gasteiger partial charge < -0.3 is 28.0 Å². The Hall–Kier alpha value is -3.38. The standard InChI is InChI=1S/C25H30N3.BF4/c1-5-28(6-2)25(23-18-14-21(4)15-19-23)11-9-7-8-10-24(27-26)22-16-12-20(3)13-17-22;2-1(3,4)5/h7-9,11-19H,5-6,26H2,1-4H3;/q+1;-1. The summed E-state index contributed by atoms with van der Waals surface area (Å²) >= 11 is 0. The van der Waals surface area contributed by atoms with Crippen molar-refractivity contribution in [2.45, 2.75) is 27.7 Å². The first-order valence-corrected chi connectivity index (χ1v) is 10.6. The van der Waals surface area contributed by atoms with Gasteiger partial charge in [-0.25, -0.2) is 0 Å².